The van der Waals surface area contributed by atoms with E-state index in [9.17, 15) is 0 Å². The minimum Gasteiger partial charge on any atom is -0.102 e. The third-order valence-corrected chi connectivity index (χ3v) is 1.65. The van der Waals surface area contributed by atoms with Crippen LogP contribution in [-0.4, -0.2) is 0 Å². The van der Waals surface area contributed by atoms with E-state index in [1.165, 1.54) is 25.7 Å². The molecule has 0 nitrogen and oxygen atoms in total. The fourth-order valence-electron chi connectivity index (χ4n) is 0.938. The van der Waals surface area contributed by atoms with Gasteiger partial charge in [-0.15, -0.1) is 5.92 Å². The van der Waals surface area contributed by atoms with Crippen LogP contribution in [0.5, 0.6) is 0 Å². The van der Waals surface area contributed by atoms with Gasteiger partial charge in [-0.3, -0.25) is 0 Å². The fourth-order valence-corrected chi connectivity index (χ4v) is 0.938. The molecule has 0 rings (SSSR count). The van der Waals surface area contributed by atoms with E-state index in [2.05, 4.69) is 30.6 Å². The van der Waals surface area contributed by atoms with Gasteiger partial charge in [0.2, 0.25) is 0 Å². The highest BCUT2D eigenvalue weighted by Gasteiger charge is 1.82. The summed E-state index contributed by atoms with van der Waals surface area (Å²) in [5, 5.41) is 0. The first-order valence-electron chi connectivity index (χ1n) is 4.97. The van der Waals surface area contributed by atoms with Gasteiger partial charge in [0.15, 0.2) is 0 Å². The van der Waals surface area contributed by atoms with E-state index < -0.39 is 0 Å². The first-order valence-corrected chi connectivity index (χ1v) is 4.97. The van der Waals surface area contributed by atoms with Gasteiger partial charge in [0.25, 0.3) is 0 Å². The quantitative estimate of drug-likeness (QED) is 0.451. The summed E-state index contributed by atoms with van der Waals surface area (Å²) in [7, 11) is 0. The van der Waals surface area contributed by atoms with Gasteiger partial charge < -0.3 is 0 Å². The molecule has 0 saturated heterocycles. The summed E-state index contributed by atoms with van der Waals surface area (Å²) < 4.78 is 0. The largest absolute Gasteiger partial charge is 0.102 e. The van der Waals surface area contributed by atoms with Crippen LogP contribution >= 0.6 is 0 Å². The number of unbranched alkanes of at least 4 members (excludes halogenated alkanes) is 4. The van der Waals surface area contributed by atoms with Crippen LogP contribution in [0.1, 0.15) is 46.0 Å². The molecule has 0 aliphatic carbocycles. The molecule has 0 spiro atoms. The summed E-state index contributed by atoms with van der Waals surface area (Å²) in [6, 6.07) is 0. The molecule has 0 radical (unpaired) electrons. The van der Waals surface area contributed by atoms with Crippen molar-refractivity contribution in [2.75, 3.05) is 0 Å². The second-order valence-corrected chi connectivity index (χ2v) is 2.86. The maximum atomic E-state index is 3.10. The average molecular weight is 174 g/mol. The minimum absolute atomic E-state index is 1.02. The summed E-state index contributed by atoms with van der Waals surface area (Å²) >= 11 is 0. The Labute approximate surface area is 82.4 Å². The minimum atomic E-state index is 1.02. The standard InChI is InChI=1S/C13H18/c1-3-5-7-9-11-13-12-10-8-6-4-2/h8,10H,3,5,7,9,11H2,1-2H3. The Kier molecular flexibility index (Phi) is 9.91. The van der Waals surface area contributed by atoms with Crippen molar-refractivity contribution in [3.63, 3.8) is 0 Å². The Balaban J connectivity index is 3.33. The molecule has 0 saturated carbocycles. The molecule has 0 aliphatic heterocycles. The van der Waals surface area contributed by atoms with Crippen molar-refractivity contribution in [3.8, 4) is 23.7 Å². The third kappa shape index (κ3) is 10.9. The van der Waals surface area contributed by atoms with Crippen molar-refractivity contribution in [1.29, 1.82) is 0 Å². The van der Waals surface area contributed by atoms with Gasteiger partial charge in [0.05, 0.1) is 0 Å². The zero-order valence-corrected chi connectivity index (χ0v) is 8.69. The summed E-state index contributed by atoms with van der Waals surface area (Å²) in [6.07, 6.45) is 9.79. The molecule has 0 bridgehead atoms. The van der Waals surface area contributed by atoms with Crippen LogP contribution in [0.2, 0.25) is 0 Å². The molecule has 0 aromatic heterocycles. The number of hydrogen-bond donors (Lipinski definition) is 0. The van der Waals surface area contributed by atoms with E-state index in [4.69, 9.17) is 0 Å². The molecule has 0 heterocycles. The molecule has 13 heavy (non-hydrogen) atoms. The molecule has 0 fully saturated rings. The molecule has 0 aromatic carbocycles. The van der Waals surface area contributed by atoms with Crippen LogP contribution in [0, 0.1) is 23.7 Å². The van der Waals surface area contributed by atoms with E-state index in [0.717, 1.165) is 6.42 Å². The summed E-state index contributed by atoms with van der Waals surface area (Å²) in [5.74, 6) is 11.7. The normalized spacial score (nSPS) is 8.77. The Morgan fingerprint density at radius 1 is 1.00 bits per heavy atom. The second kappa shape index (κ2) is 10.9. The van der Waals surface area contributed by atoms with Crippen LogP contribution in [0.4, 0.5) is 0 Å². The highest BCUT2D eigenvalue weighted by Crippen LogP contribution is 2.00. The van der Waals surface area contributed by atoms with Gasteiger partial charge in [-0.1, -0.05) is 43.9 Å². The van der Waals surface area contributed by atoms with E-state index >= 15 is 0 Å². The van der Waals surface area contributed by atoms with Gasteiger partial charge in [0.1, 0.15) is 0 Å². The van der Waals surface area contributed by atoms with E-state index in [0.29, 0.717) is 0 Å². The molecule has 0 aliphatic rings. The van der Waals surface area contributed by atoms with Crippen molar-refractivity contribution in [2.24, 2.45) is 0 Å². The predicted octanol–water partition coefficient (Wildman–Crippen LogP) is 3.54. The number of allylic oxidation sites excluding steroid dienone is 2. The van der Waals surface area contributed by atoms with Crippen LogP contribution in [0.3, 0.4) is 0 Å². The maximum absolute atomic E-state index is 3.10. The Hall–Kier alpha value is -1.14. The molecule has 0 aromatic rings. The van der Waals surface area contributed by atoms with E-state index in [1.54, 1.807) is 6.08 Å². The summed E-state index contributed by atoms with van der Waals surface area (Å²) in [4.78, 5) is 0. The van der Waals surface area contributed by atoms with Gasteiger partial charge in [-0.2, -0.15) is 0 Å². The molecule has 0 heteroatoms. The molecule has 0 unspecified atom stereocenters. The number of hydrogen-bond acceptors (Lipinski definition) is 0. The van der Waals surface area contributed by atoms with E-state index in [-0.39, 0.29) is 0 Å². The second-order valence-electron chi connectivity index (χ2n) is 2.86. The Morgan fingerprint density at radius 3 is 2.46 bits per heavy atom. The lowest BCUT2D eigenvalue weighted by atomic mass is 10.2. The first kappa shape index (κ1) is 11.9. The van der Waals surface area contributed by atoms with Gasteiger partial charge >= 0.3 is 0 Å². The van der Waals surface area contributed by atoms with Crippen molar-refractivity contribution in [1.82, 2.24) is 0 Å². The lowest BCUT2D eigenvalue weighted by molar-refractivity contribution is 0.679. The summed E-state index contributed by atoms with van der Waals surface area (Å²) in [5.41, 5.74) is 0. The van der Waals surface area contributed by atoms with Gasteiger partial charge in [-0.05, 0) is 25.5 Å². The van der Waals surface area contributed by atoms with Crippen molar-refractivity contribution in [2.45, 2.75) is 46.0 Å². The fraction of sp³-hybridized carbons (Fsp3) is 0.538. The van der Waals surface area contributed by atoms with E-state index in [1.807, 2.05) is 13.0 Å². The SMILES string of the molecule is CC#CC=CC#CCCCCCC. The average Bonchev–Trinajstić information content (AvgIpc) is 2.16. The third-order valence-electron chi connectivity index (χ3n) is 1.65. The molecular formula is C13H18. The maximum Gasteiger partial charge on any atom is 0.00922 e. The van der Waals surface area contributed by atoms with Crippen LogP contribution in [-0.2, 0) is 0 Å². The Morgan fingerprint density at radius 2 is 1.77 bits per heavy atom. The Bertz CT molecular complexity index is 237. The molecular weight excluding hydrogens is 156 g/mol. The van der Waals surface area contributed by atoms with Crippen molar-refractivity contribution < 1.29 is 0 Å². The highest BCUT2D eigenvalue weighted by atomic mass is 13.9. The zero-order chi connectivity index (χ0) is 9.78. The topological polar surface area (TPSA) is 0 Å². The molecule has 70 valence electrons. The van der Waals surface area contributed by atoms with Crippen LogP contribution in [0.15, 0.2) is 12.2 Å². The smallest absolute Gasteiger partial charge is 0.00922 e. The summed E-state index contributed by atoms with van der Waals surface area (Å²) in [6.45, 7) is 4.04. The first-order chi connectivity index (χ1) is 6.41. The zero-order valence-electron chi connectivity index (χ0n) is 8.69. The lowest BCUT2D eigenvalue weighted by Gasteiger charge is -1.91. The molecule has 0 N–H and O–H groups in total. The van der Waals surface area contributed by atoms with Crippen molar-refractivity contribution in [3.05, 3.63) is 12.2 Å². The number of rotatable bonds is 4. The van der Waals surface area contributed by atoms with Gasteiger partial charge in [-0.25, -0.2) is 0 Å². The molecule has 0 amide bonds. The van der Waals surface area contributed by atoms with Crippen LogP contribution in [0.25, 0.3) is 0 Å². The van der Waals surface area contributed by atoms with Crippen LogP contribution < -0.4 is 0 Å². The van der Waals surface area contributed by atoms with Gasteiger partial charge in [0, 0.05) is 6.42 Å². The lowest BCUT2D eigenvalue weighted by Crippen LogP contribution is -1.73. The monoisotopic (exact) mass is 174 g/mol. The molecule has 0 atom stereocenters. The van der Waals surface area contributed by atoms with Crippen molar-refractivity contribution >= 4 is 0 Å². The highest BCUT2D eigenvalue weighted by molar-refractivity contribution is 5.24. The predicted molar refractivity (Wildman–Crippen MR) is 59.1 cm³/mol.